The van der Waals surface area contributed by atoms with Crippen molar-refractivity contribution in [2.75, 3.05) is 33.7 Å². The van der Waals surface area contributed by atoms with Crippen LogP contribution in [0, 0.1) is 5.41 Å². The second kappa shape index (κ2) is 7.85. The first-order chi connectivity index (χ1) is 7.37. The zero-order chi connectivity index (χ0) is 12.6. The monoisotopic (exact) mass is 245 g/mol. The summed E-state index contributed by atoms with van der Waals surface area (Å²) in [7, 11) is 4.19. The number of hydrogen-bond acceptors (Lipinski definition) is 2. The van der Waals surface area contributed by atoms with Gasteiger partial charge in [-0.2, -0.15) is 0 Å². The van der Waals surface area contributed by atoms with Gasteiger partial charge in [-0.05, 0) is 38.1 Å². The average molecular weight is 245 g/mol. The molecule has 4 heteroatoms. The molecule has 0 unspecified atom stereocenters. The SMILES string of the molecule is CCCCNC(=S)NCC(C)(C)CN(C)C. The van der Waals surface area contributed by atoms with E-state index in [2.05, 4.69) is 50.4 Å². The molecule has 0 aromatic heterocycles. The minimum absolute atomic E-state index is 0.236. The van der Waals surface area contributed by atoms with E-state index >= 15 is 0 Å². The molecule has 0 aliphatic heterocycles. The highest BCUT2D eigenvalue weighted by atomic mass is 32.1. The number of nitrogens with zero attached hydrogens (tertiary/aromatic N) is 1. The van der Waals surface area contributed by atoms with E-state index in [9.17, 15) is 0 Å². The summed E-state index contributed by atoms with van der Waals surface area (Å²) in [5.41, 5.74) is 0.236. The summed E-state index contributed by atoms with van der Waals surface area (Å²) in [5, 5.41) is 7.28. The topological polar surface area (TPSA) is 27.3 Å². The van der Waals surface area contributed by atoms with Crippen LogP contribution in [0.5, 0.6) is 0 Å². The van der Waals surface area contributed by atoms with Crippen LogP contribution in [0.1, 0.15) is 33.6 Å². The van der Waals surface area contributed by atoms with Crippen molar-refractivity contribution >= 4 is 17.3 Å². The Morgan fingerprint density at radius 3 is 2.38 bits per heavy atom. The van der Waals surface area contributed by atoms with E-state index in [0.717, 1.165) is 24.7 Å². The Morgan fingerprint density at radius 2 is 1.88 bits per heavy atom. The molecule has 16 heavy (non-hydrogen) atoms. The van der Waals surface area contributed by atoms with Crippen LogP contribution in [-0.4, -0.2) is 43.7 Å². The Bertz CT molecular complexity index is 202. The summed E-state index contributed by atoms with van der Waals surface area (Å²) >= 11 is 5.21. The van der Waals surface area contributed by atoms with E-state index in [1.807, 2.05) is 0 Å². The van der Waals surface area contributed by atoms with Gasteiger partial charge in [0.2, 0.25) is 0 Å². The fourth-order valence-corrected chi connectivity index (χ4v) is 1.85. The lowest BCUT2D eigenvalue weighted by atomic mass is 9.93. The second-order valence-electron chi connectivity index (χ2n) is 5.37. The smallest absolute Gasteiger partial charge is 0.166 e. The van der Waals surface area contributed by atoms with Gasteiger partial charge >= 0.3 is 0 Å². The van der Waals surface area contributed by atoms with E-state index < -0.39 is 0 Å². The number of hydrogen-bond donors (Lipinski definition) is 2. The van der Waals surface area contributed by atoms with E-state index in [0.29, 0.717) is 0 Å². The van der Waals surface area contributed by atoms with Crippen LogP contribution >= 0.6 is 12.2 Å². The Balaban J connectivity index is 3.72. The minimum Gasteiger partial charge on any atom is -0.363 e. The summed E-state index contributed by atoms with van der Waals surface area (Å²) in [6.45, 7) is 9.60. The van der Waals surface area contributed by atoms with Crippen molar-refractivity contribution in [2.24, 2.45) is 5.41 Å². The maximum Gasteiger partial charge on any atom is 0.166 e. The Kier molecular flexibility index (Phi) is 7.68. The van der Waals surface area contributed by atoms with Gasteiger partial charge in [-0.25, -0.2) is 0 Å². The van der Waals surface area contributed by atoms with Crippen LogP contribution in [0.15, 0.2) is 0 Å². The fraction of sp³-hybridized carbons (Fsp3) is 0.917. The predicted molar refractivity (Wildman–Crippen MR) is 75.8 cm³/mol. The summed E-state index contributed by atoms with van der Waals surface area (Å²) in [6, 6.07) is 0. The molecule has 96 valence electrons. The van der Waals surface area contributed by atoms with Crippen molar-refractivity contribution in [1.82, 2.24) is 15.5 Å². The van der Waals surface area contributed by atoms with Gasteiger partial charge in [0.1, 0.15) is 0 Å². The zero-order valence-corrected chi connectivity index (χ0v) is 12.2. The number of unbranched alkanes of at least 4 members (excludes halogenated alkanes) is 1. The standard InChI is InChI=1S/C12H27N3S/c1-6-7-8-13-11(16)14-9-12(2,3)10-15(4)5/h6-10H2,1-5H3,(H2,13,14,16). The molecule has 0 aliphatic carbocycles. The van der Waals surface area contributed by atoms with Gasteiger partial charge in [0, 0.05) is 19.6 Å². The third kappa shape index (κ3) is 8.92. The Morgan fingerprint density at radius 1 is 1.25 bits per heavy atom. The van der Waals surface area contributed by atoms with Gasteiger partial charge in [0.05, 0.1) is 0 Å². The van der Waals surface area contributed by atoms with Gasteiger partial charge < -0.3 is 15.5 Å². The molecule has 0 rings (SSSR count). The molecule has 0 atom stereocenters. The molecule has 0 fully saturated rings. The summed E-state index contributed by atoms with van der Waals surface area (Å²) in [4.78, 5) is 2.20. The van der Waals surface area contributed by atoms with Gasteiger partial charge in [-0.1, -0.05) is 27.2 Å². The maximum absolute atomic E-state index is 5.21. The number of nitrogens with one attached hydrogen (secondary N) is 2. The quantitative estimate of drug-likeness (QED) is 0.529. The molecule has 2 N–H and O–H groups in total. The minimum atomic E-state index is 0.236. The van der Waals surface area contributed by atoms with Crippen LogP contribution in [0.2, 0.25) is 0 Å². The lowest BCUT2D eigenvalue weighted by Crippen LogP contribution is -2.44. The zero-order valence-electron chi connectivity index (χ0n) is 11.4. The van der Waals surface area contributed by atoms with Crippen LogP contribution in [0.4, 0.5) is 0 Å². The average Bonchev–Trinajstić information content (AvgIpc) is 2.13. The van der Waals surface area contributed by atoms with Crippen molar-refractivity contribution < 1.29 is 0 Å². The highest BCUT2D eigenvalue weighted by Gasteiger charge is 2.18. The molecule has 0 spiro atoms. The molecular weight excluding hydrogens is 218 g/mol. The molecule has 0 bridgehead atoms. The maximum atomic E-state index is 5.21. The molecule has 0 radical (unpaired) electrons. The van der Waals surface area contributed by atoms with E-state index in [1.165, 1.54) is 12.8 Å². The Labute approximate surface area is 106 Å². The fourth-order valence-electron chi connectivity index (χ4n) is 1.67. The summed E-state index contributed by atoms with van der Waals surface area (Å²) in [6.07, 6.45) is 2.37. The normalized spacial score (nSPS) is 11.6. The van der Waals surface area contributed by atoms with Crippen LogP contribution in [-0.2, 0) is 0 Å². The summed E-state index contributed by atoms with van der Waals surface area (Å²) in [5.74, 6) is 0. The molecule has 0 saturated heterocycles. The van der Waals surface area contributed by atoms with Crippen molar-refractivity contribution in [1.29, 1.82) is 0 Å². The van der Waals surface area contributed by atoms with Crippen LogP contribution < -0.4 is 10.6 Å². The molecule has 0 heterocycles. The molecule has 0 saturated carbocycles. The van der Waals surface area contributed by atoms with Gasteiger partial charge in [-0.3, -0.25) is 0 Å². The largest absolute Gasteiger partial charge is 0.363 e. The molecule has 0 amide bonds. The lowest BCUT2D eigenvalue weighted by molar-refractivity contribution is 0.241. The lowest BCUT2D eigenvalue weighted by Gasteiger charge is -2.29. The predicted octanol–water partition coefficient (Wildman–Crippen LogP) is 1.84. The third-order valence-electron chi connectivity index (χ3n) is 2.29. The van der Waals surface area contributed by atoms with Gasteiger partial charge in [0.15, 0.2) is 5.11 Å². The van der Waals surface area contributed by atoms with Gasteiger partial charge in [-0.15, -0.1) is 0 Å². The van der Waals surface area contributed by atoms with E-state index in [-0.39, 0.29) is 5.41 Å². The van der Waals surface area contributed by atoms with Crippen molar-refractivity contribution in [3.63, 3.8) is 0 Å². The van der Waals surface area contributed by atoms with Crippen LogP contribution in [0.25, 0.3) is 0 Å². The molecule has 0 aromatic rings. The number of thiocarbonyl (C=S) groups is 1. The Hall–Kier alpha value is -0.350. The highest BCUT2D eigenvalue weighted by Crippen LogP contribution is 2.13. The second-order valence-corrected chi connectivity index (χ2v) is 5.77. The highest BCUT2D eigenvalue weighted by molar-refractivity contribution is 7.80. The van der Waals surface area contributed by atoms with E-state index in [4.69, 9.17) is 12.2 Å². The number of rotatable bonds is 7. The molecule has 0 aromatic carbocycles. The van der Waals surface area contributed by atoms with Gasteiger partial charge in [0.25, 0.3) is 0 Å². The molecular formula is C12H27N3S. The molecule has 0 aliphatic rings. The first-order valence-corrected chi connectivity index (χ1v) is 6.44. The summed E-state index contributed by atoms with van der Waals surface area (Å²) < 4.78 is 0. The van der Waals surface area contributed by atoms with Crippen molar-refractivity contribution in [3.05, 3.63) is 0 Å². The first-order valence-electron chi connectivity index (χ1n) is 6.04. The van der Waals surface area contributed by atoms with Crippen LogP contribution in [0.3, 0.4) is 0 Å². The van der Waals surface area contributed by atoms with Crippen molar-refractivity contribution in [3.8, 4) is 0 Å². The third-order valence-corrected chi connectivity index (χ3v) is 2.58. The van der Waals surface area contributed by atoms with Crippen molar-refractivity contribution in [2.45, 2.75) is 33.6 Å². The molecule has 3 nitrogen and oxygen atoms in total. The first kappa shape index (κ1) is 15.7. The van der Waals surface area contributed by atoms with E-state index in [1.54, 1.807) is 0 Å².